The number of aliphatic hydroxyl groups excluding tert-OH is 7. The van der Waals surface area contributed by atoms with Gasteiger partial charge in [-0.2, -0.15) is 0 Å². The maximum Gasteiger partial charge on any atom is 0.195 e. The number of carbonyl (C=O) groups is 1. The quantitative estimate of drug-likeness (QED) is 0.261. The normalized spacial score (nSPS) is 36.6. The van der Waals surface area contributed by atoms with Crippen LogP contribution in [0.2, 0.25) is 0 Å². The average molecular weight is 282 g/mol. The monoisotopic (exact) mass is 282 g/mol. The smallest absolute Gasteiger partial charge is 0.195 e. The van der Waals surface area contributed by atoms with Crippen LogP contribution in [0, 0.1) is 0 Å². The summed E-state index contributed by atoms with van der Waals surface area (Å²) in [6.45, 7) is -1.30. The van der Waals surface area contributed by atoms with Crippen LogP contribution in [0.4, 0.5) is 0 Å². The highest BCUT2D eigenvalue weighted by molar-refractivity contribution is 5.88. The molecular formula is C10H18O9. The molecule has 0 spiro atoms. The van der Waals surface area contributed by atoms with E-state index in [0.717, 1.165) is 0 Å². The van der Waals surface area contributed by atoms with Crippen molar-refractivity contribution in [3.05, 3.63) is 0 Å². The van der Waals surface area contributed by atoms with Gasteiger partial charge in [-0.15, -0.1) is 0 Å². The summed E-state index contributed by atoms with van der Waals surface area (Å²) < 4.78 is 4.79. The number of aliphatic hydroxyl groups is 7. The van der Waals surface area contributed by atoms with Crippen LogP contribution in [0.15, 0.2) is 0 Å². The lowest BCUT2D eigenvalue weighted by Crippen LogP contribution is -2.59. The molecule has 1 heterocycles. The molecule has 1 aliphatic heterocycles. The molecule has 0 aliphatic carbocycles. The Morgan fingerprint density at radius 3 is 2.26 bits per heavy atom. The van der Waals surface area contributed by atoms with Crippen LogP contribution in [-0.4, -0.2) is 97.5 Å². The van der Waals surface area contributed by atoms with E-state index in [2.05, 4.69) is 0 Å². The summed E-state index contributed by atoms with van der Waals surface area (Å²) in [5, 5.41) is 64.7. The van der Waals surface area contributed by atoms with Crippen LogP contribution in [-0.2, 0) is 9.53 Å². The number of hydrogen-bond acceptors (Lipinski definition) is 9. The molecule has 7 atom stereocenters. The number of carbonyl (C=O) groups excluding carboxylic acids is 1. The van der Waals surface area contributed by atoms with Crippen molar-refractivity contribution in [1.29, 1.82) is 0 Å². The zero-order chi connectivity index (χ0) is 14.7. The molecule has 19 heavy (non-hydrogen) atoms. The molecule has 1 aliphatic rings. The van der Waals surface area contributed by atoms with E-state index in [0.29, 0.717) is 0 Å². The first kappa shape index (κ1) is 16.4. The summed E-state index contributed by atoms with van der Waals surface area (Å²) in [5.74, 6) is -1.17. The minimum Gasteiger partial charge on any atom is -0.394 e. The Kier molecular flexibility index (Phi) is 5.77. The van der Waals surface area contributed by atoms with Gasteiger partial charge in [-0.1, -0.05) is 0 Å². The number of hydrogen-bond donors (Lipinski definition) is 7. The molecule has 0 saturated carbocycles. The van der Waals surface area contributed by atoms with Gasteiger partial charge in [-0.25, -0.2) is 0 Å². The van der Waals surface area contributed by atoms with E-state index >= 15 is 0 Å². The van der Waals surface area contributed by atoms with Crippen molar-refractivity contribution in [3.8, 4) is 0 Å². The second kappa shape index (κ2) is 6.68. The molecule has 1 unspecified atom stereocenters. The molecule has 9 heteroatoms. The first-order valence-electron chi connectivity index (χ1n) is 5.65. The van der Waals surface area contributed by atoms with E-state index in [-0.39, 0.29) is 0 Å². The largest absolute Gasteiger partial charge is 0.394 e. The van der Waals surface area contributed by atoms with E-state index in [1.165, 1.54) is 0 Å². The second-order valence-corrected chi connectivity index (χ2v) is 4.39. The Bertz CT molecular complexity index is 309. The molecular weight excluding hydrogens is 264 g/mol. The van der Waals surface area contributed by atoms with Gasteiger partial charge < -0.3 is 40.5 Å². The van der Waals surface area contributed by atoms with Crippen LogP contribution >= 0.6 is 0 Å². The van der Waals surface area contributed by atoms with Crippen LogP contribution in [0.3, 0.4) is 0 Å². The third-order valence-electron chi connectivity index (χ3n) is 2.98. The molecule has 9 nitrogen and oxygen atoms in total. The second-order valence-electron chi connectivity index (χ2n) is 4.39. The Hall–Kier alpha value is -0.650. The van der Waals surface area contributed by atoms with Crippen molar-refractivity contribution in [2.45, 2.75) is 42.7 Å². The third kappa shape index (κ3) is 3.46. The molecule has 0 amide bonds. The highest BCUT2D eigenvalue weighted by Crippen LogP contribution is 2.18. The van der Waals surface area contributed by atoms with Crippen LogP contribution in [0.1, 0.15) is 0 Å². The molecule has 1 fully saturated rings. The molecule has 1 saturated heterocycles. The van der Waals surface area contributed by atoms with E-state index in [9.17, 15) is 30.3 Å². The minimum absolute atomic E-state index is 0.431. The van der Waals surface area contributed by atoms with Gasteiger partial charge in [0, 0.05) is 0 Å². The van der Waals surface area contributed by atoms with Gasteiger partial charge in [0.15, 0.2) is 5.78 Å². The highest BCUT2D eigenvalue weighted by atomic mass is 16.5. The molecule has 0 aromatic carbocycles. The van der Waals surface area contributed by atoms with E-state index in [1.54, 1.807) is 0 Å². The van der Waals surface area contributed by atoms with Crippen molar-refractivity contribution in [3.63, 3.8) is 0 Å². The Morgan fingerprint density at radius 2 is 1.74 bits per heavy atom. The SMILES string of the molecule is O=C(C1OC[C@H](O)[C@H](O)[C@H]1O)[C@@H](O)[C@H](O)[C@H](O)CO. The van der Waals surface area contributed by atoms with Crippen LogP contribution < -0.4 is 0 Å². The first-order chi connectivity index (χ1) is 8.81. The van der Waals surface area contributed by atoms with Gasteiger partial charge in [0.25, 0.3) is 0 Å². The van der Waals surface area contributed by atoms with Crippen LogP contribution in [0.25, 0.3) is 0 Å². The number of ether oxygens (including phenoxy) is 1. The molecule has 7 N–H and O–H groups in total. The summed E-state index contributed by atoms with van der Waals surface area (Å²) in [6.07, 6.45) is -12.2. The Labute approximate surface area is 108 Å². The molecule has 0 radical (unpaired) electrons. The highest BCUT2D eigenvalue weighted by Gasteiger charge is 2.45. The fourth-order valence-corrected chi connectivity index (χ4v) is 1.71. The maximum atomic E-state index is 11.7. The number of rotatable bonds is 5. The van der Waals surface area contributed by atoms with Gasteiger partial charge in [0.1, 0.15) is 42.7 Å². The van der Waals surface area contributed by atoms with E-state index in [1.807, 2.05) is 0 Å². The van der Waals surface area contributed by atoms with Gasteiger partial charge in [-0.3, -0.25) is 4.79 Å². The van der Waals surface area contributed by atoms with Gasteiger partial charge in [-0.05, 0) is 0 Å². The van der Waals surface area contributed by atoms with Crippen molar-refractivity contribution in [2.24, 2.45) is 0 Å². The van der Waals surface area contributed by atoms with E-state index < -0.39 is 61.7 Å². The van der Waals surface area contributed by atoms with Crippen LogP contribution in [0.5, 0.6) is 0 Å². The zero-order valence-corrected chi connectivity index (χ0v) is 9.90. The first-order valence-corrected chi connectivity index (χ1v) is 5.65. The summed E-state index contributed by atoms with van der Waals surface area (Å²) in [6, 6.07) is 0. The average Bonchev–Trinajstić information content (AvgIpc) is 2.41. The zero-order valence-electron chi connectivity index (χ0n) is 9.90. The fourth-order valence-electron chi connectivity index (χ4n) is 1.71. The lowest BCUT2D eigenvalue weighted by Gasteiger charge is -2.35. The van der Waals surface area contributed by atoms with Crippen molar-refractivity contribution < 1.29 is 45.3 Å². The molecule has 0 aromatic heterocycles. The summed E-state index contributed by atoms with van der Waals surface area (Å²) >= 11 is 0. The van der Waals surface area contributed by atoms with Crippen molar-refractivity contribution >= 4 is 5.78 Å². The molecule has 1 rings (SSSR count). The predicted molar refractivity (Wildman–Crippen MR) is 57.9 cm³/mol. The lowest BCUT2D eigenvalue weighted by atomic mass is 9.92. The number of ketones is 1. The minimum atomic E-state index is -2.11. The molecule has 0 bridgehead atoms. The third-order valence-corrected chi connectivity index (χ3v) is 2.98. The number of Topliss-reactive ketones (excluding diaryl/α,β-unsaturated/α-hetero) is 1. The fraction of sp³-hybridized carbons (Fsp3) is 0.900. The van der Waals surface area contributed by atoms with Gasteiger partial charge in [0.2, 0.25) is 0 Å². The molecule has 112 valence electrons. The molecule has 0 aromatic rings. The van der Waals surface area contributed by atoms with Gasteiger partial charge >= 0.3 is 0 Å². The van der Waals surface area contributed by atoms with E-state index in [4.69, 9.17) is 14.9 Å². The topological polar surface area (TPSA) is 168 Å². The summed E-state index contributed by atoms with van der Waals surface area (Å²) in [4.78, 5) is 11.7. The van der Waals surface area contributed by atoms with Gasteiger partial charge in [0.05, 0.1) is 13.2 Å². The lowest BCUT2D eigenvalue weighted by molar-refractivity contribution is -0.199. The predicted octanol–water partition coefficient (Wildman–Crippen LogP) is -4.89. The Morgan fingerprint density at radius 1 is 1.16 bits per heavy atom. The maximum absolute atomic E-state index is 11.7. The Balaban J connectivity index is 2.72. The summed E-state index contributed by atoms with van der Waals surface area (Å²) in [5.41, 5.74) is 0. The van der Waals surface area contributed by atoms with Crippen molar-refractivity contribution in [1.82, 2.24) is 0 Å². The van der Waals surface area contributed by atoms with Crippen molar-refractivity contribution in [2.75, 3.05) is 13.2 Å². The standard InChI is InChI=1S/C10H18O9/c11-1-3(12)5(14)7(16)9(18)10-8(17)6(15)4(13)2-19-10/h3-8,10-17H,1-2H2/t3-,4+,5-,6+,7+,8-,10?/m1/s1. The summed E-state index contributed by atoms with van der Waals surface area (Å²) in [7, 11) is 0.